The van der Waals surface area contributed by atoms with E-state index in [0.29, 0.717) is 48.9 Å². The van der Waals surface area contributed by atoms with E-state index in [4.69, 9.17) is 9.47 Å². The van der Waals surface area contributed by atoms with Gasteiger partial charge >= 0.3 is 0 Å². The summed E-state index contributed by atoms with van der Waals surface area (Å²) >= 11 is 0. The minimum Gasteiger partial charge on any atom is -0.484 e. The van der Waals surface area contributed by atoms with Crippen molar-refractivity contribution in [2.75, 3.05) is 49.7 Å². The maximum absolute atomic E-state index is 13.9. The third-order valence-corrected chi connectivity index (χ3v) is 12.6. The number of amides is 6. The molecule has 0 spiro atoms. The Balaban J connectivity index is 0.883. The summed E-state index contributed by atoms with van der Waals surface area (Å²) in [6, 6.07) is 17.6. The highest BCUT2D eigenvalue weighted by atomic mass is 16.5. The maximum atomic E-state index is 13.9. The number of piperidine rings is 1. The lowest BCUT2D eigenvalue weighted by molar-refractivity contribution is -0.136. The summed E-state index contributed by atoms with van der Waals surface area (Å²) in [5.74, 6) is -2.13. The number of aromatic amines is 1. The van der Waals surface area contributed by atoms with Crippen LogP contribution in [-0.2, 0) is 25.7 Å². The van der Waals surface area contributed by atoms with Crippen molar-refractivity contribution in [3.63, 3.8) is 0 Å². The smallest absolute Gasteiger partial charge is 0.264 e. The molecule has 0 aliphatic carbocycles. The van der Waals surface area contributed by atoms with Gasteiger partial charge in [-0.15, -0.1) is 0 Å². The van der Waals surface area contributed by atoms with Gasteiger partial charge in [-0.3, -0.25) is 43.8 Å². The van der Waals surface area contributed by atoms with E-state index in [1.807, 2.05) is 57.2 Å². The Kier molecular flexibility index (Phi) is 15.3. The van der Waals surface area contributed by atoms with Crippen molar-refractivity contribution < 1.29 is 38.2 Å². The van der Waals surface area contributed by atoms with Crippen molar-refractivity contribution in [3.8, 4) is 16.9 Å². The van der Waals surface area contributed by atoms with E-state index in [9.17, 15) is 33.6 Å². The lowest BCUT2D eigenvalue weighted by atomic mass is 9.95. The van der Waals surface area contributed by atoms with Gasteiger partial charge in [-0.25, -0.2) is 0 Å². The normalized spacial score (nSPS) is 16.2. The van der Waals surface area contributed by atoms with Gasteiger partial charge in [-0.05, 0) is 125 Å². The first-order chi connectivity index (χ1) is 31.8. The van der Waals surface area contributed by atoms with Crippen LogP contribution in [0.25, 0.3) is 11.1 Å². The molecule has 16 heteroatoms. The topological polar surface area (TPSA) is 208 Å². The SMILES string of the molecule is CCN(c1cc(-c2ccc(OCC(=O)NCCCCCCNc3cccc4c3C(=O)N(C3CCC(=O)NC3=O)C4=O)cc2)cc(C(=O)NCc2c(C)cc(C)[nH]c2=O)c1C)C1CCOCC1. The minimum absolute atomic E-state index is 0.0590. The summed E-state index contributed by atoms with van der Waals surface area (Å²) in [5.41, 5.74) is 6.95. The summed E-state index contributed by atoms with van der Waals surface area (Å²) in [6.07, 6.45) is 5.21. The van der Waals surface area contributed by atoms with Crippen molar-refractivity contribution in [2.45, 2.75) is 97.7 Å². The number of aromatic nitrogens is 1. The van der Waals surface area contributed by atoms with E-state index in [1.54, 1.807) is 18.2 Å². The number of hydrogen-bond acceptors (Lipinski definition) is 11. The molecular weight excluding hydrogens is 843 g/mol. The van der Waals surface area contributed by atoms with Crippen molar-refractivity contribution in [1.82, 2.24) is 25.8 Å². The Morgan fingerprint density at radius 1 is 0.848 bits per heavy atom. The number of anilines is 2. The summed E-state index contributed by atoms with van der Waals surface area (Å²) in [7, 11) is 0. The molecule has 3 aliphatic rings. The molecule has 5 N–H and O–H groups in total. The standard InChI is InChI=1S/C50H59N7O9/c1-5-56(35-19-23-65-24-20-35)42-27-34(26-38(32(42)4)46(60)53-28-39-30(2)25-31(3)54-47(39)61)33-13-15-36(16-14-33)66-29-44(59)52-22-9-7-6-8-21-51-40-12-10-11-37-45(40)50(64)57(49(37)63)41-17-18-43(58)55-48(41)62/h10-16,25-27,35,41,51H,5-9,17-24,28-29H2,1-4H3,(H,52,59)(H,53,60)(H,54,61)(H,55,58,62). The predicted molar refractivity (Wildman–Crippen MR) is 250 cm³/mol. The molecule has 1 unspecified atom stereocenters. The predicted octanol–water partition coefficient (Wildman–Crippen LogP) is 5.47. The highest BCUT2D eigenvalue weighted by molar-refractivity contribution is 6.25. The van der Waals surface area contributed by atoms with Gasteiger partial charge in [0.1, 0.15) is 11.8 Å². The molecule has 1 aromatic heterocycles. The summed E-state index contributed by atoms with van der Waals surface area (Å²) < 4.78 is 11.5. The Morgan fingerprint density at radius 2 is 1.59 bits per heavy atom. The Bertz CT molecular complexity index is 2550. The van der Waals surface area contributed by atoms with Crippen LogP contribution in [0, 0.1) is 20.8 Å². The second kappa shape index (κ2) is 21.5. The molecular formula is C50H59N7O9. The number of benzene rings is 3. The van der Waals surface area contributed by atoms with Gasteiger partial charge in [-0.1, -0.05) is 31.0 Å². The number of fused-ring (bicyclic) bond motifs is 1. The number of nitrogens with zero attached hydrogens (tertiary/aromatic N) is 2. The van der Waals surface area contributed by atoms with Gasteiger partial charge in [0.2, 0.25) is 11.8 Å². The monoisotopic (exact) mass is 901 g/mol. The second-order valence-corrected chi connectivity index (χ2v) is 17.1. The molecule has 2 fully saturated rings. The van der Waals surface area contributed by atoms with Crippen molar-refractivity contribution in [1.29, 1.82) is 0 Å². The molecule has 1 atom stereocenters. The summed E-state index contributed by atoms with van der Waals surface area (Å²) in [5, 5.41) is 11.4. The van der Waals surface area contributed by atoms with Crippen LogP contribution in [0.15, 0.2) is 65.5 Å². The van der Waals surface area contributed by atoms with E-state index in [0.717, 1.165) is 83.6 Å². The average Bonchev–Trinajstić information content (AvgIpc) is 3.56. The lowest BCUT2D eigenvalue weighted by Crippen LogP contribution is -2.54. The summed E-state index contributed by atoms with van der Waals surface area (Å²) in [6.45, 7) is 10.9. The zero-order chi connectivity index (χ0) is 46.9. The maximum Gasteiger partial charge on any atom is 0.264 e. The van der Waals surface area contributed by atoms with E-state index in [1.165, 1.54) is 0 Å². The number of imide groups is 2. The van der Waals surface area contributed by atoms with Crippen LogP contribution in [0.5, 0.6) is 5.75 Å². The number of nitrogens with one attached hydrogen (secondary N) is 5. The molecule has 3 aromatic carbocycles. The largest absolute Gasteiger partial charge is 0.484 e. The fourth-order valence-electron chi connectivity index (χ4n) is 9.05. The number of carbonyl (C=O) groups excluding carboxylic acids is 6. The molecule has 7 rings (SSSR count). The quantitative estimate of drug-likeness (QED) is 0.0589. The molecule has 0 bridgehead atoms. The molecule has 0 saturated carbocycles. The van der Waals surface area contributed by atoms with E-state index in [-0.39, 0.29) is 60.5 Å². The summed E-state index contributed by atoms with van der Waals surface area (Å²) in [4.78, 5) is 95.9. The Morgan fingerprint density at radius 3 is 2.30 bits per heavy atom. The minimum atomic E-state index is -1.02. The molecule has 4 aromatic rings. The van der Waals surface area contributed by atoms with Crippen LogP contribution < -0.4 is 36.5 Å². The third-order valence-electron chi connectivity index (χ3n) is 12.6. The number of rotatable bonds is 19. The highest BCUT2D eigenvalue weighted by Crippen LogP contribution is 2.35. The fraction of sp³-hybridized carbons (Fsp3) is 0.420. The number of aryl methyl sites for hydroxylation is 2. The average molecular weight is 902 g/mol. The number of hydrogen-bond donors (Lipinski definition) is 5. The molecule has 4 heterocycles. The molecule has 2 saturated heterocycles. The fourth-order valence-corrected chi connectivity index (χ4v) is 9.05. The number of unbranched alkanes of at least 4 members (excludes halogenated alkanes) is 3. The number of H-pyrrole nitrogens is 1. The van der Waals surface area contributed by atoms with Crippen LogP contribution >= 0.6 is 0 Å². The zero-order valence-electron chi connectivity index (χ0n) is 38.1. The van der Waals surface area contributed by atoms with Gasteiger partial charge in [0.05, 0.1) is 11.1 Å². The Hall–Kier alpha value is -6.81. The second-order valence-electron chi connectivity index (χ2n) is 17.1. The van der Waals surface area contributed by atoms with Crippen LogP contribution in [0.2, 0.25) is 0 Å². The highest BCUT2D eigenvalue weighted by Gasteiger charge is 2.45. The first kappa shape index (κ1) is 47.2. The molecule has 66 heavy (non-hydrogen) atoms. The zero-order valence-corrected chi connectivity index (χ0v) is 38.1. The van der Waals surface area contributed by atoms with Gasteiger partial charge in [-0.2, -0.15) is 0 Å². The third kappa shape index (κ3) is 10.8. The van der Waals surface area contributed by atoms with Crippen molar-refractivity contribution >= 4 is 46.8 Å². The van der Waals surface area contributed by atoms with Crippen LogP contribution in [0.4, 0.5) is 11.4 Å². The van der Waals surface area contributed by atoms with Crippen molar-refractivity contribution in [2.24, 2.45) is 0 Å². The molecule has 6 amide bonds. The first-order valence-corrected chi connectivity index (χ1v) is 22.9. The Labute approximate surface area is 384 Å². The number of pyridine rings is 1. The molecule has 16 nitrogen and oxygen atoms in total. The molecule has 0 radical (unpaired) electrons. The van der Waals surface area contributed by atoms with E-state index in [2.05, 4.69) is 44.1 Å². The van der Waals surface area contributed by atoms with Crippen molar-refractivity contribution in [3.05, 3.63) is 110 Å². The van der Waals surface area contributed by atoms with Gasteiger partial charge < -0.3 is 35.3 Å². The van der Waals surface area contributed by atoms with Gasteiger partial charge in [0, 0.05) is 80.1 Å². The van der Waals surface area contributed by atoms with Crippen LogP contribution in [0.3, 0.4) is 0 Å². The van der Waals surface area contributed by atoms with E-state index >= 15 is 0 Å². The van der Waals surface area contributed by atoms with E-state index < -0.39 is 29.7 Å². The first-order valence-electron chi connectivity index (χ1n) is 22.9. The van der Waals surface area contributed by atoms with Gasteiger partial charge in [0.25, 0.3) is 29.2 Å². The van der Waals surface area contributed by atoms with Gasteiger partial charge in [0.15, 0.2) is 6.61 Å². The molecule has 348 valence electrons. The number of carbonyl (C=O) groups is 6. The number of ether oxygens (including phenoxy) is 2. The van der Waals surface area contributed by atoms with Crippen LogP contribution in [0.1, 0.15) is 112 Å². The lowest BCUT2D eigenvalue weighted by Gasteiger charge is -2.37. The molecule has 3 aliphatic heterocycles. The van der Waals surface area contributed by atoms with Crippen LogP contribution in [-0.4, -0.2) is 96.9 Å².